The van der Waals surface area contributed by atoms with Gasteiger partial charge >= 0.3 is 0 Å². The Bertz CT molecular complexity index is 1080. The summed E-state index contributed by atoms with van der Waals surface area (Å²) in [5, 5.41) is 11.7. The van der Waals surface area contributed by atoms with Crippen LogP contribution in [0.25, 0.3) is 10.6 Å². The standard InChI is InChI=1S/C18H17IN4O3S2/c1-12-3-5-13(6-4-12)17-21-22-18(27-17)20-16(24)11-23(28(2,25)26)15-9-7-14(19)8-10-15/h3-10H,11H2,1-2H3,(H,20,22,24). The maximum absolute atomic E-state index is 12.4. The summed E-state index contributed by atoms with van der Waals surface area (Å²) >= 11 is 3.36. The highest BCUT2D eigenvalue weighted by Crippen LogP contribution is 2.26. The summed E-state index contributed by atoms with van der Waals surface area (Å²) in [6.07, 6.45) is 1.07. The van der Waals surface area contributed by atoms with E-state index in [2.05, 4.69) is 38.1 Å². The van der Waals surface area contributed by atoms with Gasteiger partial charge in [0.25, 0.3) is 0 Å². The third-order valence-electron chi connectivity index (χ3n) is 3.77. The number of anilines is 2. The van der Waals surface area contributed by atoms with Crippen LogP contribution in [0, 0.1) is 10.5 Å². The highest BCUT2D eigenvalue weighted by atomic mass is 127. The normalized spacial score (nSPS) is 11.2. The number of carbonyl (C=O) groups is 1. The van der Waals surface area contributed by atoms with Crippen LogP contribution in [-0.2, 0) is 14.8 Å². The maximum Gasteiger partial charge on any atom is 0.246 e. The fraction of sp³-hybridized carbons (Fsp3) is 0.167. The average Bonchev–Trinajstić information content (AvgIpc) is 3.09. The molecule has 0 fully saturated rings. The van der Waals surface area contributed by atoms with Gasteiger partial charge in [-0.15, -0.1) is 10.2 Å². The molecule has 0 aliphatic carbocycles. The van der Waals surface area contributed by atoms with E-state index in [1.807, 2.05) is 31.2 Å². The molecule has 0 aliphatic heterocycles. The molecule has 146 valence electrons. The number of benzene rings is 2. The summed E-state index contributed by atoms with van der Waals surface area (Å²) in [7, 11) is -3.62. The Morgan fingerprint density at radius 3 is 2.36 bits per heavy atom. The molecule has 2 aromatic carbocycles. The summed E-state index contributed by atoms with van der Waals surface area (Å²) in [5.41, 5.74) is 2.47. The van der Waals surface area contributed by atoms with Gasteiger partial charge in [0, 0.05) is 9.13 Å². The molecule has 0 atom stereocenters. The number of carbonyl (C=O) groups excluding carboxylic acids is 1. The summed E-state index contributed by atoms with van der Waals surface area (Å²) < 4.78 is 26.3. The van der Waals surface area contributed by atoms with E-state index >= 15 is 0 Å². The highest BCUT2D eigenvalue weighted by molar-refractivity contribution is 14.1. The van der Waals surface area contributed by atoms with E-state index in [1.54, 1.807) is 24.3 Å². The molecule has 7 nitrogen and oxygen atoms in total. The zero-order chi connectivity index (χ0) is 20.3. The van der Waals surface area contributed by atoms with E-state index in [0.717, 1.165) is 25.3 Å². The van der Waals surface area contributed by atoms with E-state index in [-0.39, 0.29) is 6.54 Å². The van der Waals surface area contributed by atoms with Crippen LogP contribution in [0.1, 0.15) is 5.56 Å². The number of aromatic nitrogens is 2. The zero-order valence-corrected chi connectivity index (χ0v) is 18.9. The molecule has 0 spiro atoms. The number of nitrogens with one attached hydrogen (secondary N) is 1. The van der Waals surface area contributed by atoms with E-state index in [1.165, 1.54) is 11.3 Å². The number of sulfonamides is 1. The monoisotopic (exact) mass is 528 g/mol. The first-order valence-corrected chi connectivity index (χ1v) is 11.9. The quantitative estimate of drug-likeness (QED) is 0.495. The fourth-order valence-electron chi connectivity index (χ4n) is 2.38. The van der Waals surface area contributed by atoms with Crippen molar-refractivity contribution >= 4 is 60.7 Å². The van der Waals surface area contributed by atoms with E-state index in [9.17, 15) is 13.2 Å². The number of hydrogen-bond donors (Lipinski definition) is 1. The van der Waals surface area contributed by atoms with Crippen LogP contribution in [0.4, 0.5) is 10.8 Å². The van der Waals surface area contributed by atoms with Crippen molar-refractivity contribution in [1.82, 2.24) is 10.2 Å². The van der Waals surface area contributed by atoms with Gasteiger partial charge in [0.05, 0.1) is 11.9 Å². The van der Waals surface area contributed by atoms with Gasteiger partial charge in [-0.25, -0.2) is 8.42 Å². The molecule has 0 saturated carbocycles. The molecule has 1 N–H and O–H groups in total. The van der Waals surface area contributed by atoms with Gasteiger partial charge in [-0.05, 0) is 53.8 Å². The van der Waals surface area contributed by atoms with Crippen LogP contribution in [-0.4, -0.2) is 37.3 Å². The molecule has 0 aliphatic rings. The van der Waals surface area contributed by atoms with Crippen molar-refractivity contribution in [3.8, 4) is 10.6 Å². The smallest absolute Gasteiger partial charge is 0.246 e. The van der Waals surface area contributed by atoms with Gasteiger partial charge < -0.3 is 0 Å². The molecule has 28 heavy (non-hydrogen) atoms. The van der Waals surface area contributed by atoms with Crippen LogP contribution in [0.15, 0.2) is 48.5 Å². The predicted molar refractivity (Wildman–Crippen MR) is 120 cm³/mol. The molecule has 3 rings (SSSR count). The summed E-state index contributed by atoms with van der Waals surface area (Å²) in [4.78, 5) is 12.4. The number of amides is 1. The predicted octanol–water partition coefficient (Wildman–Crippen LogP) is 3.52. The van der Waals surface area contributed by atoms with Crippen LogP contribution in [0.5, 0.6) is 0 Å². The van der Waals surface area contributed by atoms with Crippen molar-refractivity contribution < 1.29 is 13.2 Å². The van der Waals surface area contributed by atoms with E-state index < -0.39 is 15.9 Å². The highest BCUT2D eigenvalue weighted by Gasteiger charge is 2.21. The molecule has 0 bridgehead atoms. The van der Waals surface area contributed by atoms with Gasteiger partial charge in [-0.3, -0.25) is 14.4 Å². The number of aryl methyl sites for hydroxylation is 1. The van der Waals surface area contributed by atoms with Gasteiger partial charge in [-0.2, -0.15) is 0 Å². The lowest BCUT2D eigenvalue weighted by Gasteiger charge is -2.21. The van der Waals surface area contributed by atoms with Crippen LogP contribution in [0.3, 0.4) is 0 Å². The lowest BCUT2D eigenvalue weighted by molar-refractivity contribution is -0.114. The van der Waals surface area contributed by atoms with Crippen molar-refractivity contribution in [3.63, 3.8) is 0 Å². The SMILES string of the molecule is Cc1ccc(-c2nnc(NC(=O)CN(c3ccc(I)cc3)S(C)(=O)=O)s2)cc1. The molecule has 10 heteroatoms. The summed E-state index contributed by atoms with van der Waals surface area (Å²) in [6.45, 7) is 1.65. The van der Waals surface area contributed by atoms with Crippen molar-refractivity contribution in [3.05, 3.63) is 57.7 Å². The molecule has 3 aromatic rings. The van der Waals surface area contributed by atoms with Crippen molar-refractivity contribution in [2.75, 3.05) is 22.4 Å². The minimum absolute atomic E-state index is 0.316. The molecule has 0 radical (unpaired) electrons. The number of rotatable bonds is 6. The Morgan fingerprint density at radius 1 is 1.11 bits per heavy atom. The molecule has 1 aromatic heterocycles. The first-order chi connectivity index (χ1) is 13.2. The van der Waals surface area contributed by atoms with Gasteiger partial charge in [0.1, 0.15) is 11.6 Å². The summed E-state index contributed by atoms with van der Waals surface area (Å²) in [6, 6.07) is 14.7. The maximum atomic E-state index is 12.4. The molecule has 0 unspecified atom stereocenters. The lowest BCUT2D eigenvalue weighted by atomic mass is 10.2. The lowest BCUT2D eigenvalue weighted by Crippen LogP contribution is -2.37. The molecule has 1 heterocycles. The Morgan fingerprint density at radius 2 is 1.75 bits per heavy atom. The van der Waals surface area contributed by atoms with E-state index in [4.69, 9.17) is 0 Å². The number of hydrogen-bond acceptors (Lipinski definition) is 6. The first kappa shape index (κ1) is 20.7. The average molecular weight is 528 g/mol. The Labute approximate surface area is 181 Å². The molecular weight excluding hydrogens is 511 g/mol. The van der Waals surface area contributed by atoms with Crippen molar-refractivity contribution in [2.45, 2.75) is 6.92 Å². The third kappa shape index (κ3) is 5.26. The third-order valence-corrected chi connectivity index (χ3v) is 6.52. The summed E-state index contributed by atoms with van der Waals surface area (Å²) in [5.74, 6) is -0.490. The van der Waals surface area contributed by atoms with Gasteiger partial charge in [0.2, 0.25) is 21.1 Å². The van der Waals surface area contributed by atoms with Gasteiger partial charge in [-0.1, -0.05) is 41.2 Å². The van der Waals surface area contributed by atoms with Crippen molar-refractivity contribution in [2.24, 2.45) is 0 Å². The zero-order valence-electron chi connectivity index (χ0n) is 15.1. The topological polar surface area (TPSA) is 92.3 Å². The second-order valence-corrected chi connectivity index (χ2v) is 10.2. The molecule has 1 amide bonds. The van der Waals surface area contributed by atoms with Crippen molar-refractivity contribution in [1.29, 1.82) is 0 Å². The fourth-order valence-corrected chi connectivity index (χ4v) is 4.36. The molecular formula is C18H17IN4O3S2. The minimum atomic E-state index is -3.62. The van der Waals surface area contributed by atoms with Crippen LogP contribution >= 0.6 is 33.9 Å². The minimum Gasteiger partial charge on any atom is -0.299 e. The Kier molecular flexibility index (Phi) is 6.30. The Hall–Kier alpha value is -2.05. The van der Waals surface area contributed by atoms with Gasteiger partial charge in [0.15, 0.2) is 0 Å². The van der Waals surface area contributed by atoms with Crippen LogP contribution in [0.2, 0.25) is 0 Å². The largest absolute Gasteiger partial charge is 0.299 e. The number of halogens is 1. The number of nitrogens with zero attached hydrogens (tertiary/aromatic N) is 3. The first-order valence-electron chi connectivity index (χ1n) is 8.16. The molecule has 0 saturated heterocycles. The van der Waals surface area contributed by atoms with Crippen LogP contribution < -0.4 is 9.62 Å². The Balaban J connectivity index is 1.73. The second-order valence-electron chi connectivity index (χ2n) is 6.07. The second kappa shape index (κ2) is 8.53. The van der Waals surface area contributed by atoms with E-state index in [0.29, 0.717) is 15.8 Å².